The fraction of sp³-hybridized carbons (Fsp3) is 0.444. The zero-order chi connectivity index (χ0) is 16.7. The molecule has 0 saturated heterocycles. The van der Waals surface area contributed by atoms with E-state index in [1.54, 1.807) is 0 Å². The lowest BCUT2D eigenvalue weighted by Crippen LogP contribution is -2.26. The summed E-state index contributed by atoms with van der Waals surface area (Å²) in [6.45, 7) is 6.32. The third-order valence-electron chi connectivity index (χ3n) is 3.57. The van der Waals surface area contributed by atoms with Crippen LogP contribution in [0.5, 0.6) is 0 Å². The molecule has 0 spiro atoms. The molecule has 0 aliphatic heterocycles. The van der Waals surface area contributed by atoms with E-state index in [2.05, 4.69) is 63.2 Å². The van der Waals surface area contributed by atoms with E-state index in [-0.39, 0.29) is 0 Å². The summed E-state index contributed by atoms with van der Waals surface area (Å²) in [7, 11) is 4.07. The molecule has 1 aromatic heterocycles. The molecule has 0 aliphatic rings. The van der Waals surface area contributed by atoms with Crippen LogP contribution in [-0.2, 0) is 0 Å². The van der Waals surface area contributed by atoms with Gasteiger partial charge in [0, 0.05) is 44.8 Å². The molecule has 5 heteroatoms. The van der Waals surface area contributed by atoms with Gasteiger partial charge in [-0.2, -0.15) is 4.98 Å². The smallest absolute Gasteiger partial charge is 0.227 e. The minimum Gasteiger partial charge on any atom is -0.378 e. The first-order chi connectivity index (χ1) is 11.1. The Labute approximate surface area is 139 Å². The molecular formula is C18H27N5. The number of benzene rings is 1. The van der Waals surface area contributed by atoms with Gasteiger partial charge in [0.25, 0.3) is 0 Å². The second-order valence-corrected chi connectivity index (χ2v) is 5.80. The fourth-order valence-electron chi connectivity index (χ4n) is 2.41. The summed E-state index contributed by atoms with van der Waals surface area (Å²) in [5.74, 6) is 1.62. The van der Waals surface area contributed by atoms with Crippen molar-refractivity contribution in [3.8, 4) is 0 Å². The minimum atomic E-state index is 0.795. The lowest BCUT2D eigenvalue weighted by Gasteiger charge is -2.21. The van der Waals surface area contributed by atoms with Crippen molar-refractivity contribution in [3.05, 3.63) is 36.5 Å². The molecule has 0 unspecified atom stereocenters. The van der Waals surface area contributed by atoms with Gasteiger partial charge in [-0.05, 0) is 43.2 Å². The first-order valence-electron chi connectivity index (χ1n) is 8.26. The summed E-state index contributed by atoms with van der Waals surface area (Å²) in [6.07, 6.45) is 4.00. The normalized spacial score (nSPS) is 10.4. The Hall–Kier alpha value is -2.30. The van der Waals surface area contributed by atoms with Crippen molar-refractivity contribution in [2.24, 2.45) is 0 Å². The van der Waals surface area contributed by atoms with Gasteiger partial charge < -0.3 is 15.1 Å². The highest BCUT2D eigenvalue weighted by Crippen LogP contribution is 2.20. The van der Waals surface area contributed by atoms with Crippen LogP contribution >= 0.6 is 0 Å². The molecule has 0 bridgehead atoms. The second kappa shape index (κ2) is 8.36. The number of nitrogens with zero attached hydrogens (tertiary/aromatic N) is 4. The number of anilines is 4. The summed E-state index contributed by atoms with van der Waals surface area (Å²) in [5, 5.41) is 3.35. The molecule has 1 heterocycles. The summed E-state index contributed by atoms with van der Waals surface area (Å²) >= 11 is 0. The lowest BCUT2D eigenvalue weighted by atomic mass is 10.2. The van der Waals surface area contributed by atoms with E-state index in [9.17, 15) is 0 Å². The quantitative estimate of drug-likeness (QED) is 0.800. The lowest BCUT2D eigenvalue weighted by molar-refractivity contribution is 0.722. The van der Waals surface area contributed by atoms with Crippen molar-refractivity contribution in [2.45, 2.75) is 26.7 Å². The molecule has 124 valence electrons. The van der Waals surface area contributed by atoms with Crippen molar-refractivity contribution in [1.29, 1.82) is 0 Å². The van der Waals surface area contributed by atoms with E-state index >= 15 is 0 Å². The minimum absolute atomic E-state index is 0.795. The molecule has 0 saturated carbocycles. The molecule has 0 aliphatic carbocycles. The summed E-state index contributed by atoms with van der Waals surface area (Å²) in [4.78, 5) is 13.4. The van der Waals surface area contributed by atoms with Gasteiger partial charge in [-0.3, -0.25) is 0 Å². The van der Waals surface area contributed by atoms with Crippen molar-refractivity contribution in [1.82, 2.24) is 9.97 Å². The number of rotatable bonds is 8. The number of nitrogens with one attached hydrogen (secondary N) is 1. The molecular weight excluding hydrogens is 286 g/mol. The highest BCUT2D eigenvalue weighted by molar-refractivity contribution is 5.61. The van der Waals surface area contributed by atoms with E-state index < -0.39 is 0 Å². The van der Waals surface area contributed by atoms with Crippen LogP contribution in [-0.4, -0.2) is 37.2 Å². The van der Waals surface area contributed by atoms with Crippen LogP contribution in [0.4, 0.5) is 23.1 Å². The summed E-state index contributed by atoms with van der Waals surface area (Å²) in [6, 6.07) is 10.2. The van der Waals surface area contributed by atoms with Crippen molar-refractivity contribution in [2.75, 3.05) is 42.3 Å². The number of aromatic nitrogens is 2. The van der Waals surface area contributed by atoms with E-state index in [1.807, 2.05) is 26.4 Å². The van der Waals surface area contributed by atoms with Gasteiger partial charge in [0.15, 0.2) is 0 Å². The maximum absolute atomic E-state index is 4.66. The molecule has 5 nitrogen and oxygen atoms in total. The Balaban J connectivity index is 2.12. The molecule has 1 aromatic carbocycles. The first kappa shape index (κ1) is 17.1. The van der Waals surface area contributed by atoms with Crippen LogP contribution < -0.4 is 15.1 Å². The number of hydrogen-bond acceptors (Lipinski definition) is 5. The molecule has 1 N–H and O–H groups in total. The van der Waals surface area contributed by atoms with Crippen LogP contribution in [0.3, 0.4) is 0 Å². The fourth-order valence-corrected chi connectivity index (χ4v) is 2.41. The van der Waals surface area contributed by atoms with Crippen LogP contribution in [0.15, 0.2) is 36.5 Å². The third-order valence-corrected chi connectivity index (χ3v) is 3.57. The molecule has 2 aromatic rings. The van der Waals surface area contributed by atoms with Gasteiger partial charge in [0.2, 0.25) is 5.95 Å². The SMILES string of the molecule is CCCN(CCC)c1nccc(Nc2ccc(N(C)C)cc2)n1. The van der Waals surface area contributed by atoms with Crippen LogP contribution in [0.2, 0.25) is 0 Å². The Morgan fingerprint density at radius 2 is 1.61 bits per heavy atom. The molecule has 0 amide bonds. The highest BCUT2D eigenvalue weighted by Gasteiger charge is 2.08. The van der Waals surface area contributed by atoms with Crippen LogP contribution in [0.25, 0.3) is 0 Å². The van der Waals surface area contributed by atoms with E-state index in [1.165, 1.54) is 5.69 Å². The van der Waals surface area contributed by atoms with Gasteiger partial charge in [-0.15, -0.1) is 0 Å². The van der Waals surface area contributed by atoms with Crippen LogP contribution in [0, 0.1) is 0 Å². The molecule has 0 atom stereocenters. The third kappa shape index (κ3) is 4.84. The standard InChI is InChI=1S/C18H27N5/c1-5-13-23(14-6-2)18-19-12-11-17(21-18)20-15-7-9-16(10-8-15)22(3)4/h7-12H,5-6,13-14H2,1-4H3,(H,19,20,21). The van der Waals surface area contributed by atoms with E-state index in [0.717, 1.165) is 43.4 Å². The van der Waals surface area contributed by atoms with Gasteiger partial charge in [0.05, 0.1) is 0 Å². The average Bonchev–Trinajstić information content (AvgIpc) is 2.55. The predicted octanol–water partition coefficient (Wildman–Crippen LogP) is 3.91. The summed E-state index contributed by atoms with van der Waals surface area (Å²) < 4.78 is 0. The number of hydrogen-bond donors (Lipinski definition) is 1. The molecule has 2 rings (SSSR count). The Morgan fingerprint density at radius 3 is 2.17 bits per heavy atom. The van der Waals surface area contributed by atoms with Gasteiger partial charge in [-0.25, -0.2) is 4.98 Å². The highest BCUT2D eigenvalue weighted by atomic mass is 15.3. The molecule has 0 fully saturated rings. The van der Waals surface area contributed by atoms with Crippen molar-refractivity contribution in [3.63, 3.8) is 0 Å². The first-order valence-corrected chi connectivity index (χ1v) is 8.26. The van der Waals surface area contributed by atoms with Gasteiger partial charge in [0.1, 0.15) is 5.82 Å². The zero-order valence-electron chi connectivity index (χ0n) is 14.6. The molecule has 0 radical (unpaired) electrons. The van der Waals surface area contributed by atoms with E-state index in [4.69, 9.17) is 0 Å². The second-order valence-electron chi connectivity index (χ2n) is 5.80. The van der Waals surface area contributed by atoms with Crippen molar-refractivity contribution >= 4 is 23.1 Å². The maximum Gasteiger partial charge on any atom is 0.227 e. The van der Waals surface area contributed by atoms with Gasteiger partial charge in [-0.1, -0.05) is 13.8 Å². The van der Waals surface area contributed by atoms with Gasteiger partial charge >= 0.3 is 0 Å². The van der Waals surface area contributed by atoms with Crippen LogP contribution in [0.1, 0.15) is 26.7 Å². The zero-order valence-corrected chi connectivity index (χ0v) is 14.6. The topological polar surface area (TPSA) is 44.3 Å². The Morgan fingerprint density at radius 1 is 0.957 bits per heavy atom. The monoisotopic (exact) mass is 313 g/mol. The Bertz CT molecular complexity index is 589. The Kier molecular flexibility index (Phi) is 6.20. The predicted molar refractivity (Wildman–Crippen MR) is 98.9 cm³/mol. The largest absolute Gasteiger partial charge is 0.378 e. The van der Waals surface area contributed by atoms with Crippen molar-refractivity contribution < 1.29 is 0 Å². The molecule has 23 heavy (non-hydrogen) atoms. The maximum atomic E-state index is 4.66. The van der Waals surface area contributed by atoms with E-state index in [0.29, 0.717) is 0 Å². The summed E-state index contributed by atoms with van der Waals surface area (Å²) in [5.41, 5.74) is 2.20. The average molecular weight is 313 g/mol.